The molecule has 8 heteroatoms. The summed E-state index contributed by atoms with van der Waals surface area (Å²) in [5.41, 5.74) is 10.8. The number of benzene rings is 2. The fourth-order valence-electron chi connectivity index (χ4n) is 3.38. The van der Waals surface area contributed by atoms with Gasteiger partial charge in [-0.05, 0) is 48.7 Å². The Morgan fingerprint density at radius 2 is 1.84 bits per heavy atom. The van der Waals surface area contributed by atoms with Crippen LogP contribution in [0.5, 0.6) is 5.75 Å². The Balaban J connectivity index is 1.59. The fourth-order valence-corrected chi connectivity index (χ4v) is 3.38. The first kappa shape index (κ1) is 18.8. The first-order valence-electron chi connectivity index (χ1n) is 9.93. The summed E-state index contributed by atoms with van der Waals surface area (Å²) >= 11 is 0. The van der Waals surface area contributed by atoms with Gasteiger partial charge in [0.25, 0.3) is 0 Å². The third-order valence-electron chi connectivity index (χ3n) is 5.05. The van der Waals surface area contributed by atoms with Gasteiger partial charge in [-0.25, -0.2) is 4.98 Å². The second-order valence-electron chi connectivity index (χ2n) is 7.32. The van der Waals surface area contributed by atoms with Crippen molar-refractivity contribution in [1.82, 2.24) is 19.8 Å². The summed E-state index contributed by atoms with van der Waals surface area (Å²) in [5, 5.41) is 11.6. The van der Waals surface area contributed by atoms with Crippen molar-refractivity contribution >= 4 is 22.9 Å². The van der Waals surface area contributed by atoms with Crippen LogP contribution in [0.2, 0.25) is 0 Å². The molecule has 3 N–H and O–H groups in total. The second-order valence-corrected chi connectivity index (χ2v) is 7.32. The van der Waals surface area contributed by atoms with E-state index in [1.165, 1.54) is 17.0 Å². The number of ether oxygens (including phenoxy) is 1. The summed E-state index contributed by atoms with van der Waals surface area (Å²) in [4.78, 5) is 15.7. The third kappa shape index (κ3) is 3.71. The summed E-state index contributed by atoms with van der Waals surface area (Å²) in [7, 11) is 0. The number of hydrogen-bond acceptors (Lipinski definition) is 6. The van der Waals surface area contributed by atoms with Crippen LogP contribution in [0, 0.1) is 0 Å². The predicted molar refractivity (Wildman–Crippen MR) is 119 cm³/mol. The van der Waals surface area contributed by atoms with Gasteiger partial charge in [0.1, 0.15) is 23.3 Å². The molecule has 2 heterocycles. The first-order valence-corrected chi connectivity index (χ1v) is 9.93. The van der Waals surface area contributed by atoms with E-state index in [2.05, 4.69) is 27.1 Å². The monoisotopic (exact) mass is 412 g/mol. The number of hydrogen-bond donors (Lipinski definition) is 2. The number of fused-ring (bicyclic) bond motifs is 1. The topological polar surface area (TPSA) is 107 Å². The zero-order valence-corrected chi connectivity index (χ0v) is 16.7. The molecule has 0 unspecified atom stereocenters. The minimum absolute atomic E-state index is 0.266. The number of rotatable bonds is 6. The maximum atomic E-state index is 11.5. The van der Waals surface area contributed by atoms with Crippen LogP contribution >= 0.6 is 0 Å². The van der Waals surface area contributed by atoms with Gasteiger partial charge in [-0.3, -0.25) is 4.79 Å². The number of nitrogens with one attached hydrogen (secondary N) is 1. The molecular weight excluding hydrogens is 392 g/mol. The standard InChI is InChI=1S/C23H20N6O2/c1-2-19(30)27-16-7-3-15(4-8-16)21-20(22-23(24)25-13-26-29(22)28-21)14-5-9-17(10-6-14)31-18-11-12-18/h2-10,13,18H,1,11-12H2,(H,27,30)(H2,24,25,26). The average molecular weight is 412 g/mol. The molecule has 1 saturated carbocycles. The van der Waals surface area contributed by atoms with Crippen LogP contribution in [0.4, 0.5) is 11.5 Å². The van der Waals surface area contributed by atoms with Gasteiger partial charge in [0, 0.05) is 16.8 Å². The van der Waals surface area contributed by atoms with Crippen molar-refractivity contribution in [2.24, 2.45) is 0 Å². The quantitative estimate of drug-likeness (QED) is 0.468. The summed E-state index contributed by atoms with van der Waals surface area (Å²) in [5.74, 6) is 0.922. The highest BCUT2D eigenvalue weighted by molar-refractivity contribution is 5.99. The zero-order chi connectivity index (χ0) is 21.4. The lowest BCUT2D eigenvalue weighted by Crippen LogP contribution is -2.06. The van der Waals surface area contributed by atoms with Crippen LogP contribution in [0.25, 0.3) is 27.9 Å². The van der Waals surface area contributed by atoms with Gasteiger partial charge in [0.05, 0.1) is 6.10 Å². The molecule has 0 atom stereocenters. The van der Waals surface area contributed by atoms with Gasteiger partial charge < -0.3 is 15.8 Å². The molecule has 0 bridgehead atoms. The second kappa shape index (κ2) is 7.56. The van der Waals surface area contributed by atoms with Crippen LogP contribution in [-0.2, 0) is 4.79 Å². The van der Waals surface area contributed by atoms with E-state index in [1.54, 1.807) is 0 Å². The van der Waals surface area contributed by atoms with Crippen molar-refractivity contribution in [3.8, 4) is 28.1 Å². The number of nitrogen functional groups attached to an aromatic ring is 1. The van der Waals surface area contributed by atoms with Crippen LogP contribution in [0.3, 0.4) is 0 Å². The number of amides is 1. The largest absolute Gasteiger partial charge is 0.490 e. The molecule has 0 radical (unpaired) electrons. The molecule has 154 valence electrons. The smallest absolute Gasteiger partial charge is 0.247 e. The lowest BCUT2D eigenvalue weighted by atomic mass is 9.99. The van der Waals surface area contributed by atoms with Crippen LogP contribution in [-0.4, -0.2) is 31.8 Å². The highest BCUT2D eigenvalue weighted by atomic mass is 16.5. The van der Waals surface area contributed by atoms with Crippen molar-refractivity contribution in [3.05, 3.63) is 67.5 Å². The van der Waals surface area contributed by atoms with Crippen LogP contribution in [0.1, 0.15) is 12.8 Å². The average Bonchev–Trinajstić information content (AvgIpc) is 3.51. The van der Waals surface area contributed by atoms with Crippen molar-refractivity contribution in [2.45, 2.75) is 18.9 Å². The van der Waals surface area contributed by atoms with Crippen molar-refractivity contribution in [2.75, 3.05) is 11.1 Å². The predicted octanol–water partition coefficient (Wildman–Crippen LogP) is 3.71. The Bertz CT molecular complexity index is 1270. The summed E-state index contributed by atoms with van der Waals surface area (Å²) < 4.78 is 7.36. The summed E-state index contributed by atoms with van der Waals surface area (Å²) in [6.07, 6.45) is 5.16. The van der Waals surface area contributed by atoms with Crippen LogP contribution in [0.15, 0.2) is 67.5 Å². The van der Waals surface area contributed by atoms with Gasteiger partial charge in [-0.1, -0.05) is 30.8 Å². The van der Waals surface area contributed by atoms with E-state index >= 15 is 0 Å². The minimum atomic E-state index is -0.266. The zero-order valence-electron chi connectivity index (χ0n) is 16.7. The number of nitrogens with zero attached hydrogens (tertiary/aromatic N) is 4. The Labute approximate surface area is 178 Å². The molecule has 31 heavy (non-hydrogen) atoms. The fraction of sp³-hybridized carbons (Fsp3) is 0.130. The van der Waals surface area contributed by atoms with Crippen molar-refractivity contribution in [1.29, 1.82) is 0 Å². The Hall–Kier alpha value is -4.20. The van der Waals surface area contributed by atoms with E-state index in [1.807, 2.05) is 48.5 Å². The van der Waals surface area contributed by atoms with Crippen molar-refractivity contribution in [3.63, 3.8) is 0 Å². The molecule has 5 rings (SSSR count). The normalized spacial score (nSPS) is 13.2. The van der Waals surface area contributed by atoms with Gasteiger partial charge in [-0.2, -0.15) is 0 Å². The minimum Gasteiger partial charge on any atom is -0.490 e. The van der Waals surface area contributed by atoms with Gasteiger partial charge in [-0.15, -0.1) is 14.8 Å². The first-order chi connectivity index (χ1) is 15.1. The molecule has 1 aliphatic rings. The molecule has 1 aliphatic carbocycles. The highest BCUT2D eigenvalue weighted by Gasteiger charge is 2.24. The molecule has 8 nitrogen and oxygen atoms in total. The molecule has 2 aromatic carbocycles. The van der Waals surface area contributed by atoms with E-state index in [4.69, 9.17) is 10.5 Å². The number of aromatic nitrogens is 4. The van der Waals surface area contributed by atoms with Gasteiger partial charge in [0.2, 0.25) is 5.91 Å². The molecule has 0 aliphatic heterocycles. The molecule has 0 spiro atoms. The Kier molecular flexibility index (Phi) is 4.59. The van der Waals surface area contributed by atoms with Gasteiger partial charge in [0.15, 0.2) is 5.82 Å². The van der Waals surface area contributed by atoms with E-state index in [0.29, 0.717) is 28.8 Å². The van der Waals surface area contributed by atoms with Crippen LogP contribution < -0.4 is 15.8 Å². The van der Waals surface area contributed by atoms with E-state index in [0.717, 1.165) is 35.3 Å². The molecule has 0 saturated heterocycles. The maximum Gasteiger partial charge on any atom is 0.247 e. The number of anilines is 2. The van der Waals surface area contributed by atoms with Gasteiger partial charge >= 0.3 is 0 Å². The van der Waals surface area contributed by atoms with Crippen molar-refractivity contribution < 1.29 is 9.53 Å². The molecule has 2 aromatic heterocycles. The van der Waals surface area contributed by atoms with E-state index in [9.17, 15) is 4.79 Å². The highest BCUT2D eigenvalue weighted by Crippen LogP contribution is 2.38. The lowest BCUT2D eigenvalue weighted by Gasteiger charge is -2.08. The lowest BCUT2D eigenvalue weighted by molar-refractivity contribution is -0.111. The molecule has 1 amide bonds. The SMILES string of the molecule is C=CC(=O)Nc1ccc(-c2nn3ncnc(N)c3c2-c2ccc(OC3CC3)cc2)cc1. The summed E-state index contributed by atoms with van der Waals surface area (Å²) in [6.45, 7) is 3.47. The Morgan fingerprint density at radius 1 is 1.13 bits per heavy atom. The number of carbonyl (C=O) groups is 1. The molecule has 1 fully saturated rings. The number of nitrogens with two attached hydrogens (primary N) is 1. The third-order valence-corrected chi connectivity index (χ3v) is 5.05. The summed E-state index contributed by atoms with van der Waals surface area (Å²) in [6, 6.07) is 15.3. The van der Waals surface area contributed by atoms with E-state index in [-0.39, 0.29) is 5.91 Å². The molecule has 4 aromatic rings. The maximum absolute atomic E-state index is 11.5. The Morgan fingerprint density at radius 3 is 2.52 bits per heavy atom. The van der Waals surface area contributed by atoms with E-state index < -0.39 is 0 Å². The number of carbonyl (C=O) groups excluding carboxylic acids is 1. The molecular formula is C23H20N6O2.